The maximum atomic E-state index is 12.6. The lowest BCUT2D eigenvalue weighted by molar-refractivity contribution is -0.118. The molecule has 0 aromatic heterocycles. The van der Waals surface area contributed by atoms with Gasteiger partial charge >= 0.3 is 0 Å². The van der Waals surface area contributed by atoms with Crippen molar-refractivity contribution in [3.05, 3.63) is 87.5 Å². The minimum Gasteiger partial charge on any atom is -0.483 e. The molecular formula is C24H22IN3O4. The molecule has 0 atom stereocenters. The Morgan fingerprint density at radius 3 is 2.09 bits per heavy atom. The van der Waals surface area contributed by atoms with E-state index in [4.69, 9.17) is 4.74 Å². The Morgan fingerprint density at radius 1 is 0.812 bits per heavy atom. The van der Waals surface area contributed by atoms with Crippen LogP contribution < -0.4 is 20.7 Å². The summed E-state index contributed by atoms with van der Waals surface area (Å²) in [4.78, 5) is 36.8. The molecule has 0 saturated carbocycles. The van der Waals surface area contributed by atoms with Gasteiger partial charge in [-0.15, -0.1) is 0 Å². The molecule has 32 heavy (non-hydrogen) atoms. The highest BCUT2D eigenvalue weighted by atomic mass is 127. The third kappa shape index (κ3) is 7.09. The number of anilines is 2. The second-order valence-electron chi connectivity index (χ2n) is 6.94. The molecule has 3 aromatic rings. The molecular weight excluding hydrogens is 521 g/mol. The first kappa shape index (κ1) is 23.3. The number of halogens is 1. The van der Waals surface area contributed by atoms with E-state index in [2.05, 4.69) is 38.5 Å². The van der Waals surface area contributed by atoms with Crippen molar-refractivity contribution >= 4 is 51.7 Å². The highest BCUT2D eigenvalue weighted by Crippen LogP contribution is 2.18. The Hall–Kier alpha value is -3.40. The van der Waals surface area contributed by atoms with Gasteiger partial charge in [0.2, 0.25) is 5.91 Å². The maximum Gasteiger partial charge on any atom is 0.262 e. The normalized spacial score (nSPS) is 10.2. The van der Waals surface area contributed by atoms with Crippen molar-refractivity contribution < 1.29 is 19.1 Å². The fourth-order valence-electron chi connectivity index (χ4n) is 2.75. The van der Waals surface area contributed by atoms with E-state index < -0.39 is 5.91 Å². The summed E-state index contributed by atoms with van der Waals surface area (Å²) in [7, 11) is 0. The first-order chi connectivity index (χ1) is 15.4. The molecule has 3 amide bonds. The SMILES string of the molecule is Cc1ccc(NC(=O)CNC(=O)c2ccccc2OCC(=O)Nc2ccc(I)cc2)cc1. The third-order valence-corrected chi connectivity index (χ3v) is 5.08. The number of para-hydroxylation sites is 1. The quantitative estimate of drug-likeness (QED) is 0.375. The molecule has 0 saturated heterocycles. The molecule has 0 aliphatic heterocycles. The summed E-state index contributed by atoms with van der Waals surface area (Å²) >= 11 is 2.18. The smallest absolute Gasteiger partial charge is 0.262 e. The number of amides is 3. The van der Waals surface area contributed by atoms with Crippen molar-refractivity contribution in [2.24, 2.45) is 0 Å². The number of hydrogen-bond donors (Lipinski definition) is 3. The molecule has 7 nitrogen and oxygen atoms in total. The van der Waals surface area contributed by atoms with E-state index in [1.807, 2.05) is 31.2 Å². The van der Waals surface area contributed by atoms with E-state index in [1.165, 1.54) is 0 Å². The van der Waals surface area contributed by atoms with Crippen molar-refractivity contribution in [1.82, 2.24) is 5.32 Å². The van der Waals surface area contributed by atoms with Crippen LogP contribution in [0, 0.1) is 10.5 Å². The van der Waals surface area contributed by atoms with Crippen molar-refractivity contribution in [2.45, 2.75) is 6.92 Å². The van der Waals surface area contributed by atoms with Crippen LogP contribution >= 0.6 is 22.6 Å². The van der Waals surface area contributed by atoms with E-state index in [1.54, 1.807) is 48.5 Å². The minimum absolute atomic E-state index is 0.200. The third-order valence-electron chi connectivity index (χ3n) is 4.36. The van der Waals surface area contributed by atoms with Gasteiger partial charge in [0.1, 0.15) is 5.75 Å². The van der Waals surface area contributed by atoms with Gasteiger partial charge in [-0.1, -0.05) is 29.8 Å². The summed E-state index contributed by atoms with van der Waals surface area (Å²) in [5.41, 5.74) is 2.63. The summed E-state index contributed by atoms with van der Waals surface area (Å²) in [6.07, 6.45) is 0. The molecule has 3 aromatic carbocycles. The number of benzene rings is 3. The summed E-state index contributed by atoms with van der Waals surface area (Å²) in [5, 5.41) is 8.02. The van der Waals surface area contributed by atoms with Gasteiger partial charge in [-0.05, 0) is 78.0 Å². The van der Waals surface area contributed by atoms with E-state index in [0.29, 0.717) is 11.4 Å². The van der Waals surface area contributed by atoms with Crippen molar-refractivity contribution in [3.63, 3.8) is 0 Å². The Morgan fingerprint density at radius 2 is 1.41 bits per heavy atom. The summed E-state index contributed by atoms with van der Waals surface area (Å²) < 4.78 is 6.61. The van der Waals surface area contributed by atoms with Gasteiger partial charge in [0.15, 0.2) is 6.61 Å². The van der Waals surface area contributed by atoms with Crippen LogP contribution in [0.5, 0.6) is 5.75 Å². The van der Waals surface area contributed by atoms with Crippen LogP contribution in [-0.2, 0) is 9.59 Å². The van der Waals surface area contributed by atoms with Crippen LogP contribution in [0.3, 0.4) is 0 Å². The molecule has 8 heteroatoms. The highest BCUT2D eigenvalue weighted by Gasteiger charge is 2.14. The van der Waals surface area contributed by atoms with Gasteiger partial charge in [-0.2, -0.15) is 0 Å². The first-order valence-electron chi connectivity index (χ1n) is 9.82. The summed E-state index contributed by atoms with van der Waals surface area (Å²) in [6.45, 7) is 1.50. The number of nitrogens with one attached hydrogen (secondary N) is 3. The highest BCUT2D eigenvalue weighted by molar-refractivity contribution is 14.1. The molecule has 0 aliphatic rings. The fraction of sp³-hybridized carbons (Fsp3) is 0.125. The molecule has 0 unspecified atom stereocenters. The van der Waals surface area contributed by atoms with Crippen LogP contribution in [0.15, 0.2) is 72.8 Å². The molecule has 0 spiro atoms. The average Bonchev–Trinajstić information content (AvgIpc) is 2.79. The first-order valence-corrected chi connectivity index (χ1v) is 10.9. The number of carbonyl (C=O) groups excluding carboxylic acids is 3. The van der Waals surface area contributed by atoms with E-state index in [-0.39, 0.29) is 36.3 Å². The zero-order chi connectivity index (χ0) is 22.9. The molecule has 0 heterocycles. The number of carbonyl (C=O) groups is 3. The molecule has 164 valence electrons. The van der Waals surface area contributed by atoms with Crippen molar-refractivity contribution in [2.75, 3.05) is 23.8 Å². The zero-order valence-corrected chi connectivity index (χ0v) is 19.5. The lowest BCUT2D eigenvalue weighted by atomic mass is 10.2. The van der Waals surface area contributed by atoms with Crippen LogP contribution in [-0.4, -0.2) is 30.9 Å². The van der Waals surface area contributed by atoms with E-state index in [9.17, 15) is 14.4 Å². The number of hydrogen-bond acceptors (Lipinski definition) is 4. The topological polar surface area (TPSA) is 96.5 Å². The van der Waals surface area contributed by atoms with E-state index in [0.717, 1.165) is 9.13 Å². The molecule has 0 radical (unpaired) electrons. The van der Waals surface area contributed by atoms with Gasteiger partial charge in [0.05, 0.1) is 12.1 Å². The van der Waals surface area contributed by atoms with Crippen molar-refractivity contribution in [3.8, 4) is 5.75 Å². The molecule has 0 bridgehead atoms. The Labute approximate surface area is 199 Å². The van der Waals surface area contributed by atoms with Crippen LogP contribution in [0.4, 0.5) is 11.4 Å². The zero-order valence-electron chi connectivity index (χ0n) is 17.4. The van der Waals surface area contributed by atoms with Gasteiger partial charge in [0, 0.05) is 14.9 Å². The number of rotatable bonds is 8. The standard InChI is InChI=1S/C24H22IN3O4/c1-16-6-10-18(11-7-16)27-22(29)14-26-24(31)20-4-2-3-5-21(20)32-15-23(30)28-19-12-8-17(25)9-13-19/h2-13H,14-15H2,1H3,(H,26,31)(H,27,29)(H,28,30). The minimum atomic E-state index is -0.474. The molecule has 0 aliphatic carbocycles. The number of ether oxygens (including phenoxy) is 1. The lowest BCUT2D eigenvalue weighted by Gasteiger charge is -2.12. The fourth-order valence-corrected chi connectivity index (χ4v) is 3.11. The average molecular weight is 543 g/mol. The summed E-state index contributed by atoms with van der Waals surface area (Å²) in [6, 6.07) is 21.3. The van der Waals surface area contributed by atoms with Gasteiger partial charge in [0.25, 0.3) is 11.8 Å². The second-order valence-corrected chi connectivity index (χ2v) is 8.18. The number of aryl methyl sites for hydroxylation is 1. The predicted molar refractivity (Wildman–Crippen MR) is 132 cm³/mol. The molecule has 0 fully saturated rings. The monoisotopic (exact) mass is 543 g/mol. The van der Waals surface area contributed by atoms with Gasteiger partial charge < -0.3 is 20.7 Å². The van der Waals surface area contributed by atoms with Gasteiger partial charge in [-0.25, -0.2) is 0 Å². The van der Waals surface area contributed by atoms with Gasteiger partial charge in [-0.3, -0.25) is 14.4 Å². The Kier molecular flexibility index (Phi) is 8.20. The summed E-state index contributed by atoms with van der Waals surface area (Å²) in [5.74, 6) is -0.921. The molecule has 3 N–H and O–H groups in total. The Bertz CT molecular complexity index is 1100. The van der Waals surface area contributed by atoms with Crippen LogP contribution in [0.1, 0.15) is 15.9 Å². The molecule has 3 rings (SSSR count). The maximum absolute atomic E-state index is 12.6. The lowest BCUT2D eigenvalue weighted by Crippen LogP contribution is -2.33. The second kappa shape index (κ2) is 11.3. The van der Waals surface area contributed by atoms with Crippen LogP contribution in [0.2, 0.25) is 0 Å². The largest absolute Gasteiger partial charge is 0.483 e. The Balaban J connectivity index is 1.52. The predicted octanol–water partition coefficient (Wildman–Crippen LogP) is 3.99. The van der Waals surface area contributed by atoms with Crippen molar-refractivity contribution in [1.29, 1.82) is 0 Å². The van der Waals surface area contributed by atoms with E-state index >= 15 is 0 Å². The van der Waals surface area contributed by atoms with Crippen LogP contribution in [0.25, 0.3) is 0 Å².